The number of ketones is 1. The van der Waals surface area contributed by atoms with Crippen LogP contribution in [-0.4, -0.2) is 105 Å². The van der Waals surface area contributed by atoms with Gasteiger partial charge in [0.1, 0.15) is 53.7 Å². The van der Waals surface area contributed by atoms with Crippen LogP contribution < -0.4 is 35.2 Å². The molecule has 4 aliphatic heterocycles. The number of hydrogen-bond acceptors (Lipinski definition) is 15. The maximum atomic E-state index is 12.8. The highest BCUT2D eigenvalue weighted by Gasteiger charge is 2.61. The monoisotopic (exact) mass is 815 g/mol. The van der Waals surface area contributed by atoms with Gasteiger partial charge in [-0.05, 0) is 37.8 Å². The zero-order chi connectivity index (χ0) is 41.5. The summed E-state index contributed by atoms with van der Waals surface area (Å²) in [7, 11) is 3.09. The normalized spacial score (nSPS) is 28.1. The van der Waals surface area contributed by atoms with Gasteiger partial charge in [0, 0.05) is 63.8 Å². The van der Waals surface area contributed by atoms with Crippen molar-refractivity contribution in [3.8, 4) is 39.9 Å². The Balaban J connectivity index is 1.22. The van der Waals surface area contributed by atoms with Crippen molar-refractivity contribution in [3.63, 3.8) is 0 Å². The first-order valence-corrected chi connectivity index (χ1v) is 19.5. The van der Waals surface area contributed by atoms with Crippen molar-refractivity contribution in [1.82, 2.24) is 4.98 Å². The SMILES string of the molecule is COc1ccc2c(c1OC)OC1c3c(cc4c(c3-c3c[nH]c5ccccc35)CCC3(O)C(O4)OC(C(OC(=O)CC(=O)O)C(N)N)C(O)C3O)OC3(CCC(=O)CC3)C21. The number of benzene rings is 3. The van der Waals surface area contributed by atoms with Gasteiger partial charge >= 0.3 is 11.9 Å². The van der Waals surface area contributed by atoms with Crippen LogP contribution in [0.3, 0.4) is 0 Å². The number of methoxy groups -OCH3 is 2. The van der Waals surface area contributed by atoms with E-state index in [0.717, 1.165) is 22.0 Å². The number of aliphatic carboxylic acids is 1. The van der Waals surface area contributed by atoms with Crippen molar-refractivity contribution in [2.75, 3.05) is 14.2 Å². The largest absolute Gasteiger partial charge is 0.493 e. The second-order valence-electron chi connectivity index (χ2n) is 15.9. The number of hydrogen-bond donors (Lipinski definition) is 7. The predicted octanol–water partition coefficient (Wildman–Crippen LogP) is 2.48. The fourth-order valence-electron chi connectivity index (χ4n) is 9.82. The van der Waals surface area contributed by atoms with Crippen molar-refractivity contribution >= 4 is 28.6 Å². The van der Waals surface area contributed by atoms with E-state index in [4.69, 9.17) is 49.7 Å². The van der Waals surface area contributed by atoms with Gasteiger partial charge in [0.2, 0.25) is 12.0 Å². The summed E-state index contributed by atoms with van der Waals surface area (Å²) in [6, 6.07) is 13.2. The molecule has 2 fully saturated rings. The summed E-state index contributed by atoms with van der Waals surface area (Å²) in [5.41, 5.74) is 13.2. The van der Waals surface area contributed by atoms with E-state index in [2.05, 4.69) is 4.98 Å². The number of esters is 1. The number of aromatic amines is 1. The van der Waals surface area contributed by atoms with Crippen molar-refractivity contribution in [1.29, 1.82) is 0 Å². The first-order chi connectivity index (χ1) is 28.3. The Morgan fingerprint density at radius 2 is 1.76 bits per heavy atom. The maximum absolute atomic E-state index is 12.8. The Kier molecular flexibility index (Phi) is 9.52. The third-order valence-corrected chi connectivity index (χ3v) is 12.6. The average molecular weight is 816 g/mol. The van der Waals surface area contributed by atoms with Crippen LogP contribution in [0.1, 0.15) is 67.2 Å². The van der Waals surface area contributed by atoms with E-state index in [1.54, 1.807) is 20.3 Å². The zero-order valence-corrected chi connectivity index (χ0v) is 32.2. The van der Waals surface area contributed by atoms with E-state index in [9.17, 15) is 29.7 Å². The third-order valence-electron chi connectivity index (χ3n) is 12.6. The van der Waals surface area contributed by atoms with Gasteiger partial charge in [-0.3, -0.25) is 14.4 Å². The molecule has 1 saturated heterocycles. The maximum Gasteiger partial charge on any atom is 0.317 e. The number of rotatable bonds is 8. The van der Waals surface area contributed by atoms with Crippen molar-refractivity contribution < 1.29 is 68.0 Å². The minimum atomic E-state index is -2.24. The first-order valence-electron chi connectivity index (χ1n) is 19.5. The Morgan fingerprint density at radius 3 is 2.47 bits per heavy atom. The number of carboxylic acid groups (broad SMARTS) is 1. The molecular formula is C42H45N3O14. The Hall–Kier alpha value is -5.43. The van der Waals surface area contributed by atoms with Gasteiger partial charge in [-0.1, -0.05) is 24.3 Å². The number of carbonyl (C=O) groups excluding carboxylic acids is 2. The number of carboxylic acids is 1. The lowest BCUT2D eigenvalue weighted by atomic mass is 9.67. The number of ether oxygens (including phenoxy) is 7. The molecule has 4 aromatic rings. The molecule has 1 aromatic heterocycles. The van der Waals surface area contributed by atoms with Gasteiger partial charge in [0.25, 0.3) is 0 Å². The molecule has 17 nitrogen and oxygen atoms in total. The third kappa shape index (κ3) is 6.09. The summed E-state index contributed by atoms with van der Waals surface area (Å²) >= 11 is 0. The molecule has 0 bridgehead atoms. The molecule has 8 atom stereocenters. The fourth-order valence-corrected chi connectivity index (χ4v) is 9.82. The van der Waals surface area contributed by atoms with Gasteiger partial charge in [-0.25, -0.2) is 0 Å². The van der Waals surface area contributed by atoms with E-state index in [0.29, 0.717) is 65.4 Å². The number of carbonyl (C=O) groups is 3. The van der Waals surface area contributed by atoms with Crippen LogP contribution in [0, 0.1) is 0 Å². The average Bonchev–Trinajstić information content (AvgIpc) is 3.79. The molecule has 312 valence electrons. The molecule has 5 aliphatic rings. The molecule has 0 amide bonds. The van der Waals surface area contributed by atoms with Crippen LogP contribution in [0.25, 0.3) is 22.0 Å². The Bertz CT molecular complexity index is 2350. The summed E-state index contributed by atoms with van der Waals surface area (Å²) < 4.78 is 43.8. The van der Waals surface area contributed by atoms with Gasteiger partial charge in [0.15, 0.2) is 23.2 Å². The van der Waals surface area contributed by atoms with E-state index >= 15 is 0 Å². The smallest absolute Gasteiger partial charge is 0.317 e. The molecule has 8 unspecified atom stereocenters. The second kappa shape index (κ2) is 14.4. The molecule has 1 saturated carbocycles. The second-order valence-corrected chi connectivity index (χ2v) is 15.9. The van der Waals surface area contributed by atoms with Crippen LogP contribution >= 0.6 is 0 Å². The van der Waals surface area contributed by atoms with Crippen LogP contribution in [0.15, 0.2) is 48.7 Å². The zero-order valence-electron chi connectivity index (χ0n) is 32.2. The summed E-state index contributed by atoms with van der Waals surface area (Å²) in [6.45, 7) is 0. The lowest BCUT2D eigenvalue weighted by Gasteiger charge is -2.49. The predicted molar refractivity (Wildman–Crippen MR) is 205 cm³/mol. The minimum absolute atomic E-state index is 0.0941. The number of para-hydroxylation sites is 1. The van der Waals surface area contributed by atoms with Crippen LogP contribution in [0.2, 0.25) is 0 Å². The number of Topliss-reactive ketones (excluding diaryl/α,β-unsaturated/α-hetero) is 1. The number of nitrogens with one attached hydrogen (secondary N) is 1. The molecule has 1 aliphatic carbocycles. The number of aromatic nitrogens is 1. The Morgan fingerprint density at radius 1 is 1.00 bits per heavy atom. The highest BCUT2D eigenvalue weighted by molar-refractivity contribution is 5.98. The number of aliphatic hydroxyl groups excluding tert-OH is 2. The molecule has 5 heterocycles. The van der Waals surface area contributed by atoms with Crippen molar-refractivity contribution in [2.45, 2.75) is 105 Å². The van der Waals surface area contributed by atoms with Gasteiger partial charge in [-0.2, -0.15) is 0 Å². The van der Waals surface area contributed by atoms with Gasteiger partial charge < -0.3 is 70.0 Å². The number of fused-ring (bicyclic) bond motifs is 9. The molecule has 59 heavy (non-hydrogen) atoms. The number of aliphatic hydroxyl groups is 3. The highest BCUT2D eigenvalue weighted by Crippen LogP contribution is 2.65. The highest BCUT2D eigenvalue weighted by atomic mass is 16.7. The van der Waals surface area contributed by atoms with E-state index in [1.807, 2.05) is 42.6 Å². The number of H-pyrrole nitrogens is 1. The van der Waals surface area contributed by atoms with E-state index in [-0.39, 0.29) is 30.3 Å². The fraction of sp³-hybridized carbons (Fsp3) is 0.452. The van der Waals surface area contributed by atoms with Crippen molar-refractivity contribution in [2.24, 2.45) is 11.5 Å². The van der Waals surface area contributed by atoms with Crippen LogP contribution in [0.4, 0.5) is 0 Å². The molecular weight excluding hydrogens is 770 g/mol. The summed E-state index contributed by atoms with van der Waals surface area (Å²) in [5, 5.41) is 45.3. The topological polar surface area (TPSA) is 265 Å². The summed E-state index contributed by atoms with van der Waals surface area (Å²) in [4.78, 5) is 39.8. The lowest BCUT2D eigenvalue weighted by molar-refractivity contribution is -0.329. The molecule has 1 spiro atoms. The minimum Gasteiger partial charge on any atom is -0.493 e. The summed E-state index contributed by atoms with van der Waals surface area (Å²) in [5.74, 6) is -0.915. The quantitative estimate of drug-likeness (QED) is 0.0765. The number of nitrogens with two attached hydrogens (primary N) is 2. The Labute approximate surface area is 337 Å². The molecule has 0 radical (unpaired) electrons. The first kappa shape index (κ1) is 39.1. The lowest BCUT2D eigenvalue weighted by Crippen LogP contribution is -2.71. The molecule has 17 heteroatoms. The molecule has 3 aromatic carbocycles. The van der Waals surface area contributed by atoms with Crippen LogP contribution in [0.5, 0.6) is 28.7 Å². The summed E-state index contributed by atoms with van der Waals surface area (Å²) in [6.07, 6.45) is -8.85. The molecule has 9 rings (SSSR count). The van der Waals surface area contributed by atoms with E-state index < -0.39 is 72.5 Å². The van der Waals surface area contributed by atoms with Crippen molar-refractivity contribution in [3.05, 3.63) is 65.4 Å². The van der Waals surface area contributed by atoms with E-state index in [1.165, 1.54) is 0 Å². The van der Waals surface area contributed by atoms with Gasteiger partial charge in [0.05, 0.1) is 26.3 Å². The standard InChI is InChI=1S/C42H45N3O14/c1-53-24-8-7-21-31-35(57-33(21)34(24)54-2)30-26(59-41(31)12-9-18(46)10-13-41)15-25-20(29(30)22-17-45-23-6-4-3-5-19(22)23)11-14-42(52)38(51)32(50)36(58-40(42)55-25)37(39(43)44)56-28(49)16-27(47)48/h3-8,15,17,31-32,35-40,45,50-52H,9-14,16,43-44H2,1-2H3,(H,47,48). The van der Waals surface area contributed by atoms with Crippen LogP contribution in [-0.2, 0) is 30.3 Å². The molecule has 9 N–H and O–H groups in total. The van der Waals surface area contributed by atoms with Gasteiger partial charge in [-0.15, -0.1) is 0 Å².